The van der Waals surface area contributed by atoms with E-state index in [2.05, 4.69) is 10.3 Å². The Bertz CT molecular complexity index is 906. The molecule has 0 radical (unpaired) electrons. The Balaban J connectivity index is 1.73. The second kappa shape index (κ2) is 6.56. The lowest BCUT2D eigenvalue weighted by atomic mass is 10.2. The van der Waals surface area contributed by atoms with Gasteiger partial charge in [0.25, 0.3) is 5.56 Å². The van der Waals surface area contributed by atoms with Crippen LogP contribution in [0, 0.1) is 0 Å². The van der Waals surface area contributed by atoms with Crippen LogP contribution >= 0.6 is 0 Å². The lowest BCUT2D eigenvalue weighted by molar-refractivity contribution is -0.122. The number of nitrogens with zero attached hydrogens (tertiary/aromatic N) is 2. The number of benzene rings is 1. The van der Waals surface area contributed by atoms with Crippen LogP contribution in [-0.4, -0.2) is 41.4 Å². The highest BCUT2D eigenvalue weighted by Gasteiger charge is 2.28. The predicted molar refractivity (Wildman–Crippen MR) is 89.1 cm³/mol. The van der Waals surface area contributed by atoms with Gasteiger partial charge in [0.1, 0.15) is 6.54 Å². The number of carbonyl (C=O) groups excluding carboxylic acids is 1. The van der Waals surface area contributed by atoms with Crippen molar-refractivity contribution in [1.29, 1.82) is 0 Å². The topological polar surface area (TPSA) is 98.1 Å². The van der Waals surface area contributed by atoms with Crippen molar-refractivity contribution in [1.82, 2.24) is 14.9 Å². The van der Waals surface area contributed by atoms with E-state index in [1.165, 1.54) is 17.0 Å². The molecular formula is C16H17N3O4S. The second-order valence-electron chi connectivity index (χ2n) is 5.77. The first kappa shape index (κ1) is 16.4. The third kappa shape index (κ3) is 3.88. The molecule has 8 heteroatoms. The van der Waals surface area contributed by atoms with Crippen molar-refractivity contribution in [3.63, 3.8) is 0 Å². The van der Waals surface area contributed by atoms with Gasteiger partial charge >= 0.3 is 0 Å². The summed E-state index contributed by atoms with van der Waals surface area (Å²) in [6.07, 6.45) is 3.12. The van der Waals surface area contributed by atoms with Crippen molar-refractivity contribution in [2.75, 3.05) is 11.5 Å². The molecule has 1 amide bonds. The molecule has 1 aliphatic rings. The van der Waals surface area contributed by atoms with E-state index in [4.69, 9.17) is 0 Å². The highest BCUT2D eigenvalue weighted by molar-refractivity contribution is 7.91. The lowest BCUT2D eigenvalue weighted by Crippen LogP contribution is -2.39. The molecular weight excluding hydrogens is 330 g/mol. The summed E-state index contributed by atoms with van der Waals surface area (Å²) in [5.74, 6) is -0.339. The summed E-state index contributed by atoms with van der Waals surface area (Å²) in [7, 11) is -3.06. The largest absolute Gasteiger partial charge is 0.351 e. The number of amides is 1. The highest BCUT2D eigenvalue weighted by Crippen LogP contribution is 2.14. The summed E-state index contributed by atoms with van der Waals surface area (Å²) in [5, 5.41) is 2.67. The number of nitrogens with one attached hydrogen (secondary N) is 1. The van der Waals surface area contributed by atoms with Crippen LogP contribution in [0.25, 0.3) is 11.3 Å². The SMILES string of the molecule is O=C(Cn1cc(-c2ccccc2)ncc1=O)N[C@@H]1CCS(=O)(=O)C1. The molecule has 24 heavy (non-hydrogen) atoms. The normalized spacial score (nSPS) is 19.1. The van der Waals surface area contributed by atoms with E-state index < -0.39 is 9.84 Å². The maximum absolute atomic E-state index is 12.1. The zero-order valence-electron chi connectivity index (χ0n) is 12.9. The zero-order chi connectivity index (χ0) is 17.2. The molecule has 2 aromatic rings. The highest BCUT2D eigenvalue weighted by atomic mass is 32.2. The van der Waals surface area contributed by atoms with Gasteiger partial charge in [-0.2, -0.15) is 0 Å². The van der Waals surface area contributed by atoms with Crippen molar-refractivity contribution in [3.8, 4) is 11.3 Å². The molecule has 0 unspecified atom stereocenters. The van der Waals surface area contributed by atoms with Gasteiger partial charge in [-0.3, -0.25) is 9.59 Å². The number of sulfone groups is 1. The van der Waals surface area contributed by atoms with Crippen LogP contribution in [0.2, 0.25) is 0 Å². The van der Waals surface area contributed by atoms with Crippen molar-refractivity contribution in [3.05, 3.63) is 53.1 Å². The first-order valence-electron chi connectivity index (χ1n) is 7.55. The Morgan fingerprint density at radius 3 is 2.71 bits per heavy atom. The maximum Gasteiger partial charge on any atom is 0.269 e. The van der Waals surface area contributed by atoms with Crippen molar-refractivity contribution < 1.29 is 13.2 Å². The number of aromatic nitrogens is 2. The fourth-order valence-corrected chi connectivity index (χ4v) is 4.34. The molecule has 0 aliphatic carbocycles. The fourth-order valence-electron chi connectivity index (χ4n) is 2.66. The average Bonchev–Trinajstić information content (AvgIpc) is 2.89. The molecule has 1 aromatic carbocycles. The third-order valence-corrected chi connectivity index (χ3v) is 5.62. The van der Waals surface area contributed by atoms with E-state index in [-0.39, 0.29) is 35.6 Å². The summed E-state index contributed by atoms with van der Waals surface area (Å²) in [6, 6.07) is 8.94. The summed E-state index contributed by atoms with van der Waals surface area (Å²) in [5.41, 5.74) is 1.05. The molecule has 3 rings (SSSR count). The van der Waals surface area contributed by atoms with Gasteiger partial charge in [0.15, 0.2) is 9.84 Å². The molecule has 1 saturated heterocycles. The van der Waals surface area contributed by atoms with Gasteiger partial charge in [0.2, 0.25) is 5.91 Å². The van der Waals surface area contributed by atoms with Crippen LogP contribution in [0.1, 0.15) is 6.42 Å². The molecule has 1 aromatic heterocycles. The van der Waals surface area contributed by atoms with E-state index >= 15 is 0 Å². The Morgan fingerprint density at radius 1 is 1.29 bits per heavy atom. The summed E-state index contributed by atoms with van der Waals surface area (Å²) < 4.78 is 24.1. The van der Waals surface area contributed by atoms with Gasteiger partial charge in [0, 0.05) is 17.8 Å². The van der Waals surface area contributed by atoms with Gasteiger partial charge in [-0.1, -0.05) is 30.3 Å². The first-order valence-corrected chi connectivity index (χ1v) is 9.37. The molecule has 1 atom stereocenters. The number of hydrogen-bond acceptors (Lipinski definition) is 5. The Hall–Kier alpha value is -2.48. The van der Waals surface area contributed by atoms with Gasteiger partial charge < -0.3 is 9.88 Å². The zero-order valence-corrected chi connectivity index (χ0v) is 13.7. The molecule has 0 spiro atoms. The van der Waals surface area contributed by atoms with Crippen LogP contribution in [-0.2, 0) is 21.2 Å². The summed E-state index contributed by atoms with van der Waals surface area (Å²) >= 11 is 0. The Labute approximate surface area is 139 Å². The predicted octanol–water partition coefficient (Wildman–Crippen LogP) is 0.214. The van der Waals surface area contributed by atoms with Crippen LogP contribution in [0.5, 0.6) is 0 Å². The van der Waals surface area contributed by atoms with E-state index in [9.17, 15) is 18.0 Å². The van der Waals surface area contributed by atoms with E-state index in [0.29, 0.717) is 12.1 Å². The molecule has 7 nitrogen and oxygen atoms in total. The first-order chi connectivity index (χ1) is 11.4. The average molecular weight is 347 g/mol. The standard InChI is InChI=1S/C16H17N3O4S/c20-15(18-13-6-7-24(22,23)11-13)10-19-9-14(17-8-16(19)21)12-4-2-1-3-5-12/h1-5,8-9,13H,6-7,10-11H2,(H,18,20)/t13-/m1/s1. The molecule has 2 heterocycles. The van der Waals surface area contributed by atoms with Gasteiger partial charge in [-0.15, -0.1) is 0 Å². The molecule has 0 bridgehead atoms. The van der Waals surface area contributed by atoms with Crippen LogP contribution in [0.15, 0.2) is 47.5 Å². The number of hydrogen-bond donors (Lipinski definition) is 1. The number of carbonyl (C=O) groups is 1. The molecule has 0 saturated carbocycles. The minimum Gasteiger partial charge on any atom is -0.351 e. The van der Waals surface area contributed by atoms with E-state index in [1.807, 2.05) is 30.3 Å². The second-order valence-corrected chi connectivity index (χ2v) is 8.00. The third-order valence-electron chi connectivity index (χ3n) is 3.86. The summed E-state index contributed by atoms with van der Waals surface area (Å²) in [4.78, 5) is 28.1. The molecule has 1 N–H and O–H groups in total. The minimum absolute atomic E-state index is 0.0424. The summed E-state index contributed by atoms with van der Waals surface area (Å²) in [6.45, 7) is -0.169. The Kier molecular flexibility index (Phi) is 4.48. The van der Waals surface area contributed by atoms with Crippen molar-refractivity contribution in [2.45, 2.75) is 19.0 Å². The Morgan fingerprint density at radius 2 is 2.04 bits per heavy atom. The van der Waals surface area contributed by atoms with Crippen molar-refractivity contribution >= 4 is 15.7 Å². The molecule has 126 valence electrons. The quantitative estimate of drug-likeness (QED) is 0.853. The smallest absolute Gasteiger partial charge is 0.269 e. The maximum atomic E-state index is 12.1. The van der Waals surface area contributed by atoms with Crippen LogP contribution in [0.4, 0.5) is 0 Å². The molecule has 1 aliphatic heterocycles. The van der Waals surface area contributed by atoms with Crippen LogP contribution < -0.4 is 10.9 Å². The van der Waals surface area contributed by atoms with Crippen molar-refractivity contribution in [2.24, 2.45) is 0 Å². The lowest BCUT2D eigenvalue weighted by Gasteiger charge is -2.12. The van der Waals surface area contributed by atoms with Crippen LogP contribution in [0.3, 0.4) is 0 Å². The monoisotopic (exact) mass is 347 g/mol. The van der Waals surface area contributed by atoms with E-state index in [1.54, 1.807) is 0 Å². The number of rotatable bonds is 4. The molecule has 1 fully saturated rings. The van der Waals surface area contributed by atoms with E-state index in [0.717, 1.165) is 5.56 Å². The van der Waals surface area contributed by atoms with Gasteiger partial charge in [0.05, 0.1) is 23.4 Å². The fraction of sp³-hybridized carbons (Fsp3) is 0.312. The van der Waals surface area contributed by atoms with Gasteiger partial charge in [-0.25, -0.2) is 13.4 Å². The van der Waals surface area contributed by atoms with Gasteiger partial charge in [-0.05, 0) is 6.42 Å². The minimum atomic E-state index is -3.06.